The molecule has 0 atom stereocenters. The first-order chi connectivity index (χ1) is 8.69. The van der Waals surface area contributed by atoms with E-state index < -0.39 is 5.24 Å². The SMILES string of the molecule is COc1ccc(-c2csc(/C=C/C(=O)Cl)c2)cc1. The molecule has 2 aromatic rings. The zero-order valence-electron chi connectivity index (χ0n) is 9.72. The van der Waals surface area contributed by atoms with Crippen LogP contribution in [0.1, 0.15) is 4.88 Å². The van der Waals surface area contributed by atoms with Gasteiger partial charge in [0.2, 0.25) is 5.24 Å². The first-order valence-corrected chi connectivity index (χ1v) is 6.55. The van der Waals surface area contributed by atoms with Gasteiger partial charge in [-0.05, 0) is 58.5 Å². The van der Waals surface area contributed by atoms with E-state index in [4.69, 9.17) is 16.3 Å². The molecule has 1 heterocycles. The van der Waals surface area contributed by atoms with Gasteiger partial charge in [0, 0.05) is 4.88 Å². The number of carbonyl (C=O) groups is 1. The molecule has 0 saturated heterocycles. The Labute approximate surface area is 114 Å². The van der Waals surface area contributed by atoms with E-state index in [2.05, 4.69) is 0 Å². The molecule has 92 valence electrons. The summed E-state index contributed by atoms with van der Waals surface area (Å²) in [7, 11) is 1.64. The van der Waals surface area contributed by atoms with Gasteiger partial charge in [-0.15, -0.1) is 11.3 Å². The standard InChI is InChI=1S/C14H11ClO2S/c1-17-12-4-2-10(3-5-12)11-8-13(18-9-11)6-7-14(15)16/h2-9H,1H3/b7-6+. The molecule has 0 N–H and O–H groups in total. The van der Waals surface area contributed by atoms with Crippen molar-refractivity contribution in [2.75, 3.05) is 7.11 Å². The van der Waals surface area contributed by atoms with Crippen LogP contribution in [0.4, 0.5) is 0 Å². The minimum atomic E-state index is -0.464. The van der Waals surface area contributed by atoms with E-state index in [9.17, 15) is 4.79 Å². The van der Waals surface area contributed by atoms with Crippen molar-refractivity contribution < 1.29 is 9.53 Å². The van der Waals surface area contributed by atoms with E-state index in [0.29, 0.717) is 0 Å². The summed E-state index contributed by atoms with van der Waals surface area (Å²) in [5.74, 6) is 0.835. The van der Waals surface area contributed by atoms with Gasteiger partial charge in [0.1, 0.15) is 5.75 Å². The van der Waals surface area contributed by atoms with E-state index in [1.807, 2.05) is 35.7 Å². The first kappa shape index (κ1) is 12.9. The van der Waals surface area contributed by atoms with Gasteiger partial charge in [0.15, 0.2) is 0 Å². The fourth-order valence-electron chi connectivity index (χ4n) is 1.52. The van der Waals surface area contributed by atoms with E-state index in [-0.39, 0.29) is 0 Å². The Morgan fingerprint density at radius 1 is 1.28 bits per heavy atom. The fraction of sp³-hybridized carbons (Fsp3) is 0.0714. The number of carbonyl (C=O) groups excluding carboxylic acids is 1. The number of ether oxygens (including phenoxy) is 1. The van der Waals surface area contributed by atoms with Crippen molar-refractivity contribution in [2.24, 2.45) is 0 Å². The highest BCUT2D eigenvalue weighted by Crippen LogP contribution is 2.27. The van der Waals surface area contributed by atoms with Gasteiger partial charge < -0.3 is 4.74 Å². The monoisotopic (exact) mass is 278 g/mol. The van der Waals surface area contributed by atoms with Crippen molar-refractivity contribution in [3.05, 3.63) is 46.7 Å². The van der Waals surface area contributed by atoms with Crippen LogP contribution in [-0.2, 0) is 4.79 Å². The minimum absolute atomic E-state index is 0.464. The maximum absolute atomic E-state index is 10.6. The molecule has 0 aliphatic heterocycles. The van der Waals surface area contributed by atoms with Crippen LogP contribution in [-0.4, -0.2) is 12.4 Å². The summed E-state index contributed by atoms with van der Waals surface area (Å²) in [6.07, 6.45) is 3.07. The molecule has 0 unspecified atom stereocenters. The van der Waals surface area contributed by atoms with Gasteiger partial charge in [-0.1, -0.05) is 12.1 Å². The van der Waals surface area contributed by atoms with Crippen molar-refractivity contribution in [2.45, 2.75) is 0 Å². The summed E-state index contributed by atoms with van der Waals surface area (Å²) in [6.45, 7) is 0. The van der Waals surface area contributed by atoms with Crippen LogP contribution >= 0.6 is 22.9 Å². The highest BCUT2D eigenvalue weighted by molar-refractivity contribution is 7.11. The van der Waals surface area contributed by atoms with E-state index in [1.54, 1.807) is 24.5 Å². The lowest BCUT2D eigenvalue weighted by Gasteiger charge is -2.00. The maximum atomic E-state index is 10.6. The number of thiophene rings is 1. The summed E-state index contributed by atoms with van der Waals surface area (Å²) < 4.78 is 5.11. The Morgan fingerprint density at radius 3 is 2.61 bits per heavy atom. The molecule has 2 rings (SSSR count). The van der Waals surface area contributed by atoms with Gasteiger partial charge in [-0.2, -0.15) is 0 Å². The molecule has 1 aromatic carbocycles. The molecule has 0 bridgehead atoms. The molecule has 2 nitrogen and oxygen atoms in total. The molecule has 0 saturated carbocycles. The second-order valence-electron chi connectivity index (χ2n) is 3.60. The zero-order chi connectivity index (χ0) is 13.0. The predicted molar refractivity (Wildman–Crippen MR) is 76.2 cm³/mol. The largest absolute Gasteiger partial charge is 0.497 e. The lowest BCUT2D eigenvalue weighted by atomic mass is 10.1. The van der Waals surface area contributed by atoms with Gasteiger partial charge in [0.05, 0.1) is 7.11 Å². The molecule has 0 spiro atoms. The summed E-state index contributed by atoms with van der Waals surface area (Å²) in [5, 5.41) is 1.58. The summed E-state index contributed by atoms with van der Waals surface area (Å²) in [6, 6.07) is 9.86. The Kier molecular flexibility index (Phi) is 4.18. The predicted octanol–water partition coefficient (Wildman–Crippen LogP) is 4.20. The van der Waals surface area contributed by atoms with Crippen molar-refractivity contribution in [1.82, 2.24) is 0 Å². The average Bonchev–Trinajstić information content (AvgIpc) is 2.85. The Bertz CT molecular complexity index is 570. The van der Waals surface area contributed by atoms with Crippen molar-refractivity contribution >= 4 is 34.3 Å². The summed E-state index contributed by atoms with van der Waals surface area (Å²) in [5.41, 5.74) is 2.23. The Hall–Kier alpha value is -1.58. The number of rotatable bonds is 4. The maximum Gasteiger partial charge on any atom is 0.245 e. The van der Waals surface area contributed by atoms with E-state index in [0.717, 1.165) is 21.8 Å². The number of hydrogen-bond acceptors (Lipinski definition) is 3. The average molecular weight is 279 g/mol. The second-order valence-corrected chi connectivity index (χ2v) is 4.92. The number of allylic oxidation sites excluding steroid dienone is 1. The van der Waals surface area contributed by atoms with Crippen LogP contribution in [0.15, 0.2) is 41.8 Å². The highest BCUT2D eigenvalue weighted by atomic mass is 35.5. The molecule has 0 fully saturated rings. The molecular weight excluding hydrogens is 268 g/mol. The van der Waals surface area contributed by atoms with Crippen LogP contribution < -0.4 is 4.74 Å². The fourth-order valence-corrected chi connectivity index (χ4v) is 2.39. The normalized spacial score (nSPS) is 10.8. The third-order valence-corrected chi connectivity index (χ3v) is 3.45. The topological polar surface area (TPSA) is 26.3 Å². The number of halogens is 1. The number of hydrogen-bond donors (Lipinski definition) is 0. The van der Waals surface area contributed by atoms with Crippen LogP contribution in [0.2, 0.25) is 0 Å². The molecule has 18 heavy (non-hydrogen) atoms. The van der Waals surface area contributed by atoms with Gasteiger partial charge in [-0.3, -0.25) is 4.79 Å². The summed E-state index contributed by atoms with van der Waals surface area (Å²) in [4.78, 5) is 11.6. The number of benzene rings is 1. The van der Waals surface area contributed by atoms with Gasteiger partial charge >= 0.3 is 0 Å². The molecular formula is C14H11ClO2S. The van der Waals surface area contributed by atoms with Crippen LogP contribution in [0.5, 0.6) is 5.75 Å². The lowest BCUT2D eigenvalue weighted by molar-refractivity contribution is -0.107. The number of methoxy groups -OCH3 is 1. The Morgan fingerprint density at radius 2 is 2.00 bits per heavy atom. The molecule has 0 amide bonds. The highest BCUT2D eigenvalue weighted by Gasteiger charge is 2.01. The smallest absolute Gasteiger partial charge is 0.245 e. The van der Waals surface area contributed by atoms with Crippen molar-refractivity contribution in [1.29, 1.82) is 0 Å². The molecule has 0 radical (unpaired) electrons. The minimum Gasteiger partial charge on any atom is -0.497 e. The molecule has 0 aliphatic rings. The third kappa shape index (κ3) is 3.22. The Balaban J connectivity index is 2.20. The van der Waals surface area contributed by atoms with Gasteiger partial charge in [0.25, 0.3) is 0 Å². The van der Waals surface area contributed by atoms with Crippen LogP contribution in [0, 0.1) is 0 Å². The molecule has 4 heteroatoms. The van der Waals surface area contributed by atoms with Crippen LogP contribution in [0.25, 0.3) is 17.2 Å². The first-order valence-electron chi connectivity index (χ1n) is 5.29. The second kappa shape index (κ2) is 5.85. The van der Waals surface area contributed by atoms with E-state index in [1.165, 1.54) is 6.08 Å². The third-order valence-electron chi connectivity index (χ3n) is 2.42. The van der Waals surface area contributed by atoms with Crippen LogP contribution in [0.3, 0.4) is 0 Å². The summed E-state index contributed by atoms with van der Waals surface area (Å²) >= 11 is 6.82. The van der Waals surface area contributed by atoms with Crippen molar-refractivity contribution in [3.8, 4) is 16.9 Å². The van der Waals surface area contributed by atoms with E-state index >= 15 is 0 Å². The molecule has 0 aliphatic carbocycles. The van der Waals surface area contributed by atoms with Gasteiger partial charge in [-0.25, -0.2) is 0 Å². The lowest BCUT2D eigenvalue weighted by Crippen LogP contribution is -1.81. The van der Waals surface area contributed by atoms with Crippen molar-refractivity contribution in [3.63, 3.8) is 0 Å². The zero-order valence-corrected chi connectivity index (χ0v) is 11.3. The quantitative estimate of drug-likeness (QED) is 0.619. The molecule has 1 aromatic heterocycles.